The van der Waals surface area contributed by atoms with Gasteiger partial charge in [-0.1, -0.05) is 0 Å². The van der Waals surface area contributed by atoms with E-state index in [0.717, 1.165) is 30.0 Å². The van der Waals surface area contributed by atoms with E-state index in [0.29, 0.717) is 0 Å². The summed E-state index contributed by atoms with van der Waals surface area (Å²) in [4.78, 5) is 0. The fraction of sp³-hybridized carbons (Fsp3) is 0.400. The summed E-state index contributed by atoms with van der Waals surface area (Å²) < 4.78 is 6.98. The number of phenols is 1. The van der Waals surface area contributed by atoms with Crippen LogP contribution in [0, 0.1) is 0 Å². The van der Waals surface area contributed by atoms with E-state index in [-0.39, 0.29) is 11.8 Å². The summed E-state index contributed by atoms with van der Waals surface area (Å²) in [5, 5.41) is 17.6. The summed E-state index contributed by atoms with van der Waals surface area (Å²) in [5.41, 5.74) is 1.90. The van der Waals surface area contributed by atoms with Crippen molar-refractivity contribution in [1.29, 1.82) is 0 Å². The predicted octanol–water partition coefficient (Wildman–Crippen LogP) is 2.03. The van der Waals surface area contributed by atoms with Gasteiger partial charge in [-0.05, 0) is 31.2 Å². The molecule has 0 aliphatic carbocycles. The van der Waals surface area contributed by atoms with Crippen LogP contribution in [0.2, 0.25) is 0 Å². The second-order valence-electron chi connectivity index (χ2n) is 4.83. The summed E-state index contributed by atoms with van der Waals surface area (Å²) in [6.45, 7) is 2.82. The third kappa shape index (κ3) is 3.51. The van der Waals surface area contributed by atoms with Crippen LogP contribution in [0.5, 0.6) is 11.5 Å². The first-order valence-corrected chi connectivity index (χ1v) is 6.69. The Morgan fingerprint density at radius 3 is 2.85 bits per heavy atom. The lowest BCUT2D eigenvalue weighted by atomic mass is 10.1. The number of nitrogens with zero attached hydrogens (tertiary/aromatic N) is 2. The molecule has 0 saturated heterocycles. The summed E-state index contributed by atoms with van der Waals surface area (Å²) in [5.74, 6) is 1.03. The van der Waals surface area contributed by atoms with Crippen LogP contribution in [0.1, 0.15) is 24.2 Å². The molecular formula is C15H21N3O2. The van der Waals surface area contributed by atoms with Crippen LogP contribution >= 0.6 is 0 Å². The molecule has 2 rings (SSSR count). The third-order valence-electron chi connectivity index (χ3n) is 3.30. The normalized spacial score (nSPS) is 12.3. The highest BCUT2D eigenvalue weighted by molar-refractivity contribution is 5.41. The number of ether oxygens (including phenoxy) is 1. The van der Waals surface area contributed by atoms with Gasteiger partial charge in [0.25, 0.3) is 0 Å². The molecule has 20 heavy (non-hydrogen) atoms. The molecule has 0 spiro atoms. The number of aromatic nitrogens is 2. The van der Waals surface area contributed by atoms with E-state index in [1.165, 1.54) is 0 Å². The lowest BCUT2D eigenvalue weighted by Crippen LogP contribution is -2.21. The van der Waals surface area contributed by atoms with Crippen LogP contribution in [-0.2, 0) is 13.5 Å². The van der Waals surface area contributed by atoms with Crippen molar-refractivity contribution in [2.45, 2.75) is 19.4 Å². The van der Waals surface area contributed by atoms with Gasteiger partial charge in [0, 0.05) is 37.8 Å². The van der Waals surface area contributed by atoms with Crippen LogP contribution in [0.15, 0.2) is 30.5 Å². The molecule has 1 heterocycles. The monoisotopic (exact) mass is 275 g/mol. The number of aryl methyl sites for hydroxylation is 1. The van der Waals surface area contributed by atoms with Crippen molar-refractivity contribution in [3.8, 4) is 11.5 Å². The maximum atomic E-state index is 9.91. The standard InChI is InChI=1S/C15H21N3O2/c1-11(14-10-13(20-3)4-5-15(14)19)16-8-6-12-7-9-18(2)17-12/h4-5,7,9-11,16,19H,6,8H2,1-3H3. The zero-order valence-corrected chi connectivity index (χ0v) is 12.1. The first-order chi connectivity index (χ1) is 9.60. The molecule has 5 nitrogen and oxygen atoms in total. The van der Waals surface area contributed by atoms with Crippen LogP contribution in [-0.4, -0.2) is 28.5 Å². The molecule has 0 aliphatic heterocycles. The Kier molecular flexibility index (Phi) is 4.63. The highest BCUT2D eigenvalue weighted by Crippen LogP contribution is 2.28. The van der Waals surface area contributed by atoms with Gasteiger partial charge in [-0.25, -0.2) is 0 Å². The minimum Gasteiger partial charge on any atom is -0.508 e. The van der Waals surface area contributed by atoms with E-state index < -0.39 is 0 Å². The Labute approximate surface area is 119 Å². The Morgan fingerprint density at radius 1 is 1.40 bits per heavy atom. The largest absolute Gasteiger partial charge is 0.508 e. The Balaban J connectivity index is 1.92. The number of nitrogens with one attached hydrogen (secondary N) is 1. The van der Waals surface area contributed by atoms with E-state index >= 15 is 0 Å². The van der Waals surface area contributed by atoms with E-state index in [2.05, 4.69) is 10.4 Å². The Hall–Kier alpha value is -2.01. The van der Waals surface area contributed by atoms with E-state index in [1.807, 2.05) is 32.3 Å². The first kappa shape index (κ1) is 14.4. The molecule has 0 radical (unpaired) electrons. The molecule has 108 valence electrons. The van der Waals surface area contributed by atoms with Gasteiger partial charge in [0.2, 0.25) is 0 Å². The molecule has 0 fully saturated rings. The summed E-state index contributed by atoms with van der Waals surface area (Å²) in [6, 6.07) is 7.32. The molecule has 1 atom stereocenters. The SMILES string of the molecule is COc1ccc(O)c(C(C)NCCc2ccn(C)n2)c1. The number of hydrogen-bond donors (Lipinski definition) is 2. The lowest BCUT2D eigenvalue weighted by Gasteiger charge is -2.16. The van der Waals surface area contributed by atoms with Gasteiger partial charge in [0.05, 0.1) is 12.8 Å². The van der Waals surface area contributed by atoms with E-state index in [4.69, 9.17) is 4.74 Å². The average molecular weight is 275 g/mol. The molecule has 0 aliphatic rings. The van der Waals surface area contributed by atoms with Crippen molar-refractivity contribution in [2.24, 2.45) is 7.05 Å². The van der Waals surface area contributed by atoms with Crippen LogP contribution in [0.3, 0.4) is 0 Å². The van der Waals surface area contributed by atoms with Gasteiger partial charge in [0.1, 0.15) is 11.5 Å². The smallest absolute Gasteiger partial charge is 0.120 e. The third-order valence-corrected chi connectivity index (χ3v) is 3.30. The molecule has 5 heteroatoms. The lowest BCUT2D eigenvalue weighted by molar-refractivity contribution is 0.407. The summed E-state index contributed by atoms with van der Waals surface area (Å²) in [6.07, 6.45) is 2.79. The van der Waals surface area contributed by atoms with Gasteiger partial charge in [-0.2, -0.15) is 5.10 Å². The number of methoxy groups -OCH3 is 1. The summed E-state index contributed by atoms with van der Waals surface area (Å²) >= 11 is 0. The van der Waals surface area contributed by atoms with Crippen molar-refractivity contribution in [2.75, 3.05) is 13.7 Å². The van der Waals surface area contributed by atoms with Crippen molar-refractivity contribution >= 4 is 0 Å². The zero-order chi connectivity index (χ0) is 14.5. The van der Waals surface area contributed by atoms with Crippen LogP contribution < -0.4 is 10.1 Å². The van der Waals surface area contributed by atoms with Crippen molar-refractivity contribution < 1.29 is 9.84 Å². The second kappa shape index (κ2) is 6.43. The van der Waals surface area contributed by atoms with Crippen LogP contribution in [0.4, 0.5) is 0 Å². The second-order valence-corrected chi connectivity index (χ2v) is 4.83. The Morgan fingerprint density at radius 2 is 2.20 bits per heavy atom. The van der Waals surface area contributed by atoms with E-state index in [9.17, 15) is 5.11 Å². The molecule has 2 N–H and O–H groups in total. The molecule has 1 aromatic carbocycles. The first-order valence-electron chi connectivity index (χ1n) is 6.69. The predicted molar refractivity (Wildman–Crippen MR) is 78.0 cm³/mol. The highest BCUT2D eigenvalue weighted by Gasteiger charge is 2.11. The number of aromatic hydroxyl groups is 1. The maximum Gasteiger partial charge on any atom is 0.120 e. The maximum absolute atomic E-state index is 9.91. The highest BCUT2D eigenvalue weighted by atomic mass is 16.5. The van der Waals surface area contributed by atoms with Crippen molar-refractivity contribution in [1.82, 2.24) is 15.1 Å². The van der Waals surface area contributed by atoms with Gasteiger partial charge in [-0.3, -0.25) is 4.68 Å². The fourth-order valence-electron chi connectivity index (χ4n) is 2.13. The molecule has 0 amide bonds. The fourth-order valence-corrected chi connectivity index (χ4v) is 2.13. The molecular weight excluding hydrogens is 254 g/mol. The molecule has 1 unspecified atom stereocenters. The summed E-state index contributed by atoms with van der Waals surface area (Å²) in [7, 11) is 3.53. The molecule has 0 bridgehead atoms. The molecule has 1 aromatic heterocycles. The Bertz CT molecular complexity index is 566. The number of benzene rings is 1. The minimum absolute atomic E-state index is 0.0498. The average Bonchev–Trinajstić information content (AvgIpc) is 2.85. The molecule has 0 saturated carbocycles. The molecule has 2 aromatic rings. The van der Waals surface area contributed by atoms with Crippen LogP contribution in [0.25, 0.3) is 0 Å². The topological polar surface area (TPSA) is 59.3 Å². The van der Waals surface area contributed by atoms with Crippen molar-refractivity contribution in [3.05, 3.63) is 41.7 Å². The zero-order valence-electron chi connectivity index (χ0n) is 12.1. The number of hydrogen-bond acceptors (Lipinski definition) is 4. The van der Waals surface area contributed by atoms with Gasteiger partial charge >= 0.3 is 0 Å². The number of phenolic OH excluding ortho intramolecular Hbond substituents is 1. The van der Waals surface area contributed by atoms with Gasteiger partial charge in [-0.15, -0.1) is 0 Å². The van der Waals surface area contributed by atoms with Gasteiger partial charge < -0.3 is 15.2 Å². The number of rotatable bonds is 6. The quantitative estimate of drug-likeness (QED) is 0.847. The van der Waals surface area contributed by atoms with E-state index in [1.54, 1.807) is 23.9 Å². The minimum atomic E-state index is 0.0498. The van der Waals surface area contributed by atoms with Gasteiger partial charge in [0.15, 0.2) is 0 Å². The van der Waals surface area contributed by atoms with Crippen molar-refractivity contribution in [3.63, 3.8) is 0 Å².